The largest absolute Gasteiger partial charge is 0.507 e. The zero-order chi connectivity index (χ0) is 14.5. The van der Waals surface area contributed by atoms with E-state index >= 15 is 0 Å². The predicted octanol–water partition coefficient (Wildman–Crippen LogP) is 0.967. The van der Waals surface area contributed by atoms with Crippen molar-refractivity contribution >= 4 is 10.2 Å². The van der Waals surface area contributed by atoms with Crippen molar-refractivity contribution in [3.05, 3.63) is 23.8 Å². The van der Waals surface area contributed by atoms with E-state index in [4.69, 9.17) is 9.84 Å². The van der Waals surface area contributed by atoms with Crippen molar-refractivity contribution in [1.82, 2.24) is 0 Å². The van der Waals surface area contributed by atoms with Gasteiger partial charge in [-0.2, -0.15) is 0 Å². The molecule has 3 unspecified atom stereocenters. The van der Waals surface area contributed by atoms with Crippen LogP contribution >= 0.6 is 0 Å². The molecule has 0 bridgehead atoms. The Bertz CT molecular complexity index is 436. The van der Waals surface area contributed by atoms with Gasteiger partial charge in [0.15, 0.2) is 0 Å². The van der Waals surface area contributed by atoms with Crippen LogP contribution in [0.1, 0.15) is 31.2 Å². The van der Waals surface area contributed by atoms with E-state index in [2.05, 4.69) is 0 Å². The van der Waals surface area contributed by atoms with Gasteiger partial charge in [0.2, 0.25) is 0 Å². The molecule has 20 heavy (non-hydrogen) atoms. The summed E-state index contributed by atoms with van der Waals surface area (Å²) in [6.07, 6.45) is 3.43. The number of aliphatic hydroxyl groups excluding tert-OH is 2. The van der Waals surface area contributed by atoms with E-state index in [9.17, 15) is 10.2 Å². The summed E-state index contributed by atoms with van der Waals surface area (Å²) in [7, 11) is 1.17. The van der Waals surface area contributed by atoms with Gasteiger partial charge in [-0.25, -0.2) is 0 Å². The maximum atomic E-state index is 10.2. The van der Waals surface area contributed by atoms with E-state index in [1.165, 1.54) is 22.4 Å². The van der Waals surface area contributed by atoms with Gasteiger partial charge in [0.05, 0.1) is 12.7 Å². The summed E-state index contributed by atoms with van der Waals surface area (Å²) in [5.41, 5.74) is 0.484. The first-order chi connectivity index (χ1) is 9.65. The number of aliphatic hydroxyl groups is 2. The van der Waals surface area contributed by atoms with Crippen LogP contribution in [0.15, 0.2) is 18.2 Å². The van der Waals surface area contributed by atoms with Crippen LogP contribution in [-0.4, -0.2) is 37.8 Å². The second-order valence-electron chi connectivity index (χ2n) is 5.58. The van der Waals surface area contributed by atoms with Gasteiger partial charge < -0.3 is 20.1 Å². The average molecular weight is 296 g/mol. The van der Waals surface area contributed by atoms with Crippen LogP contribution in [0.5, 0.6) is 11.5 Å². The third-order valence-electron chi connectivity index (χ3n) is 4.08. The highest BCUT2D eigenvalue weighted by molar-refractivity contribution is 6.08. The lowest BCUT2D eigenvalue weighted by Gasteiger charge is -2.35. The predicted molar refractivity (Wildman–Crippen MR) is 81.2 cm³/mol. The standard InChI is InChI=1S/C15H24O4Si/c16-9-11-4-5-12(8-14(11)18)19-15-10(6-7-20)2-1-3-13(15)17/h4-5,8,10,13,15-18H,1-3,6-7,9H2,20H3. The molecule has 0 saturated heterocycles. The summed E-state index contributed by atoms with van der Waals surface area (Å²) in [6, 6.07) is 6.13. The van der Waals surface area contributed by atoms with E-state index in [0.29, 0.717) is 17.2 Å². The van der Waals surface area contributed by atoms with Crippen LogP contribution in [-0.2, 0) is 6.61 Å². The van der Waals surface area contributed by atoms with Crippen LogP contribution < -0.4 is 4.74 Å². The van der Waals surface area contributed by atoms with Gasteiger partial charge in [-0.1, -0.05) is 12.5 Å². The fourth-order valence-corrected chi connectivity index (χ4v) is 3.74. The molecule has 1 aliphatic rings. The Hall–Kier alpha value is -1.04. The number of phenols is 1. The minimum Gasteiger partial charge on any atom is -0.507 e. The van der Waals surface area contributed by atoms with Crippen molar-refractivity contribution in [2.45, 2.75) is 50.5 Å². The molecule has 0 aromatic heterocycles. The third kappa shape index (κ3) is 3.53. The second kappa shape index (κ2) is 7.11. The van der Waals surface area contributed by atoms with Crippen LogP contribution in [0.3, 0.4) is 0 Å². The molecule has 0 heterocycles. The van der Waals surface area contributed by atoms with Crippen LogP contribution in [0, 0.1) is 5.92 Å². The van der Waals surface area contributed by atoms with Gasteiger partial charge in [0.1, 0.15) is 17.6 Å². The first-order valence-electron chi connectivity index (χ1n) is 7.43. The first-order valence-corrected chi connectivity index (χ1v) is 8.84. The van der Waals surface area contributed by atoms with E-state index < -0.39 is 6.10 Å². The number of hydrogen-bond acceptors (Lipinski definition) is 4. The number of rotatable bonds is 5. The summed E-state index contributed by atoms with van der Waals surface area (Å²) in [4.78, 5) is 0. The van der Waals surface area contributed by atoms with E-state index in [1.807, 2.05) is 0 Å². The quantitative estimate of drug-likeness (QED) is 0.708. The Kier molecular flexibility index (Phi) is 5.45. The maximum Gasteiger partial charge on any atom is 0.127 e. The van der Waals surface area contributed by atoms with Gasteiger partial charge >= 0.3 is 0 Å². The van der Waals surface area contributed by atoms with Gasteiger partial charge in [-0.05, 0) is 37.3 Å². The van der Waals surface area contributed by atoms with Gasteiger partial charge in [-0.3, -0.25) is 0 Å². The van der Waals surface area contributed by atoms with Crippen molar-refractivity contribution in [2.24, 2.45) is 5.92 Å². The second-order valence-corrected chi connectivity index (χ2v) is 6.58. The van der Waals surface area contributed by atoms with Crippen LogP contribution in [0.25, 0.3) is 0 Å². The Morgan fingerprint density at radius 3 is 2.75 bits per heavy atom. The highest BCUT2D eigenvalue weighted by Gasteiger charge is 2.33. The van der Waals surface area contributed by atoms with Crippen molar-refractivity contribution in [2.75, 3.05) is 0 Å². The van der Waals surface area contributed by atoms with Gasteiger partial charge in [0, 0.05) is 21.9 Å². The number of hydrogen-bond donors (Lipinski definition) is 3. The minimum absolute atomic E-state index is 0.0368. The zero-order valence-electron chi connectivity index (χ0n) is 12.0. The zero-order valence-corrected chi connectivity index (χ0v) is 14.0. The lowest BCUT2D eigenvalue weighted by Crippen LogP contribution is -2.41. The molecule has 1 aromatic rings. The van der Waals surface area contributed by atoms with Gasteiger partial charge in [0.25, 0.3) is 0 Å². The lowest BCUT2D eigenvalue weighted by molar-refractivity contribution is -0.0297. The molecular weight excluding hydrogens is 272 g/mol. The summed E-state index contributed by atoms with van der Waals surface area (Å²) in [6.45, 7) is -0.193. The average Bonchev–Trinajstić information content (AvgIpc) is 2.43. The third-order valence-corrected chi connectivity index (χ3v) is 4.65. The molecule has 5 heteroatoms. The Labute approximate surface area is 122 Å². The maximum absolute atomic E-state index is 10.2. The molecule has 0 aliphatic heterocycles. The van der Waals surface area contributed by atoms with Crippen LogP contribution in [0.2, 0.25) is 6.04 Å². The topological polar surface area (TPSA) is 69.9 Å². The smallest absolute Gasteiger partial charge is 0.127 e. The molecule has 3 atom stereocenters. The fraction of sp³-hybridized carbons (Fsp3) is 0.600. The van der Waals surface area contributed by atoms with Crippen molar-refractivity contribution < 1.29 is 20.1 Å². The van der Waals surface area contributed by atoms with Crippen molar-refractivity contribution in [1.29, 1.82) is 0 Å². The normalized spacial score (nSPS) is 26.6. The Balaban J connectivity index is 2.11. The SMILES string of the molecule is OCc1ccc(OC2C(O)CCCC2CC[SiH3])cc1O. The van der Waals surface area contributed by atoms with E-state index in [1.54, 1.807) is 12.1 Å². The van der Waals surface area contributed by atoms with Crippen molar-refractivity contribution in [3.8, 4) is 11.5 Å². The summed E-state index contributed by atoms with van der Waals surface area (Å²) in [5.74, 6) is 0.995. The molecule has 2 rings (SSSR count). The lowest BCUT2D eigenvalue weighted by atomic mass is 9.82. The highest BCUT2D eigenvalue weighted by atomic mass is 28.1. The number of benzene rings is 1. The minimum atomic E-state index is -0.429. The molecule has 3 N–H and O–H groups in total. The van der Waals surface area contributed by atoms with Crippen LogP contribution in [0.4, 0.5) is 0 Å². The molecule has 0 radical (unpaired) electrons. The Morgan fingerprint density at radius 1 is 1.30 bits per heavy atom. The molecular formula is C15H24O4Si. The first kappa shape index (κ1) is 15.3. The molecule has 1 fully saturated rings. The fourth-order valence-electron chi connectivity index (χ4n) is 2.99. The molecule has 1 saturated carbocycles. The molecule has 1 aliphatic carbocycles. The molecule has 1 aromatic carbocycles. The molecule has 0 amide bonds. The summed E-state index contributed by atoms with van der Waals surface area (Å²) < 4.78 is 5.94. The monoisotopic (exact) mass is 296 g/mol. The summed E-state index contributed by atoms with van der Waals surface area (Å²) >= 11 is 0. The van der Waals surface area contributed by atoms with Crippen molar-refractivity contribution in [3.63, 3.8) is 0 Å². The molecule has 0 spiro atoms. The highest BCUT2D eigenvalue weighted by Crippen LogP contribution is 2.33. The van der Waals surface area contributed by atoms with E-state index in [-0.39, 0.29) is 18.5 Å². The van der Waals surface area contributed by atoms with E-state index in [0.717, 1.165) is 25.7 Å². The number of aromatic hydroxyl groups is 1. The number of ether oxygens (including phenoxy) is 1. The molecule has 112 valence electrons. The summed E-state index contributed by atoms with van der Waals surface area (Å²) in [5, 5.41) is 29.0. The molecule has 4 nitrogen and oxygen atoms in total. The van der Waals surface area contributed by atoms with Gasteiger partial charge in [-0.15, -0.1) is 0 Å². The Morgan fingerprint density at radius 2 is 2.10 bits per heavy atom.